The fourth-order valence-corrected chi connectivity index (χ4v) is 3.31. The van der Waals surface area contributed by atoms with Crippen molar-refractivity contribution in [3.8, 4) is 5.75 Å². The molecule has 1 aliphatic carbocycles. The number of hydrogen-bond donors (Lipinski definition) is 1. The van der Waals surface area contributed by atoms with Gasteiger partial charge in [0.2, 0.25) is 5.43 Å². The third-order valence-electron chi connectivity index (χ3n) is 4.51. The van der Waals surface area contributed by atoms with Gasteiger partial charge in [0.1, 0.15) is 0 Å². The van der Waals surface area contributed by atoms with Gasteiger partial charge >= 0.3 is 0 Å². The highest BCUT2D eigenvalue weighted by molar-refractivity contribution is 5.29. The molecule has 0 amide bonds. The third kappa shape index (κ3) is 3.06. The zero-order chi connectivity index (χ0) is 14.7. The van der Waals surface area contributed by atoms with E-state index in [2.05, 4.69) is 11.9 Å². The molecule has 1 heterocycles. The molecule has 0 spiro atoms. The molecule has 4 heteroatoms. The summed E-state index contributed by atoms with van der Waals surface area (Å²) in [6, 6.07) is 2.09. The van der Waals surface area contributed by atoms with Crippen LogP contribution in [-0.2, 0) is 13.1 Å². The van der Waals surface area contributed by atoms with E-state index in [1.807, 2.05) is 18.4 Å². The number of hydrogen-bond acceptors (Lipinski definition) is 3. The fourth-order valence-electron chi connectivity index (χ4n) is 3.31. The highest BCUT2D eigenvalue weighted by atomic mass is 16.3. The maximum Gasteiger partial charge on any atom is 0.223 e. The smallest absolute Gasteiger partial charge is 0.223 e. The minimum atomic E-state index is -0.265. The summed E-state index contributed by atoms with van der Waals surface area (Å²) in [5.41, 5.74) is 1.41. The van der Waals surface area contributed by atoms with Gasteiger partial charge in [-0.3, -0.25) is 9.69 Å². The molecule has 0 aromatic carbocycles. The van der Waals surface area contributed by atoms with E-state index < -0.39 is 0 Å². The zero-order valence-electron chi connectivity index (χ0n) is 12.9. The standard InChI is InChI=1S/C16H26N2O2/c1-4-18-12(2)10-15(19)16(20)14(18)11-17(3)13-8-6-5-7-9-13/h10,13,20H,4-9,11H2,1-3H3. The molecule has 1 fully saturated rings. The lowest BCUT2D eigenvalue weighted by molar-refractivity contribution is 0.178. The van der Waals surface area contributed by atoms with E-state index in [9.17, 15) is 9.90 Å². The monoisotopic (exact) mass is 278 g/mol. The number of aromatic hydroxyl groups is 1. The number of aryl methyl sites for hydroxylation is 1. The van der Waals surface area contributed by atoms with Gasteiger partial charge in [-0.25, -0.2) is 0 Å². The second-order valence-electron chi connectivity index (χ2n) is 5.90. The van der Waals surface area contributed by atoms with E-state index >= 15 is 0 Å². The molecule has 1 N–H and O–H groups in total. The Bertz CT molecular complexity index is 516. The van der Waals surface area contributed by atoms with Crippen LogP contribution in [0, 0.1) is 6.92 Å². The van der Waals surface area contributed by atoms with Crippen molar-refractivity contribution < 1.29 is 5.11 Å². The Morgan fingerprint density at radius 1 is 1.35 bits per heavy atom. The van der Waals surface area contributed by atoms with Crippen molar-refractivity contribution in [2.75, 3.05) is 7.05 Å². The summed E-state index contributed by atoms with van der Waals surface area (Å²) >= 11 is 0. The molecule has 1 saturated carbocycles. The molecule has 4 nitrogen and oxygen atoms in total. The molecule has 0 radical (unpaired) electrons. The zero-order valence-corrected chi connectivity index (χ0v) is 12.9. The number of rotatable bonds is 4. The molecule has 0 saturated heterocycles. The minimum absolute atomic E-state index is 0.0832. The Labute approximate surface area is 121 Å². The van der Waals surface area contributed by atoms with E-state index in [-0.39, 0.29) is 11.2 Å². The van der Waals surface area contributed by atoms with Crippen LogP contribution in [0.4, 0.5) is 0 Å². The number of pyridine rings is 1. The second-order valence-corrected chi connectivity index (χ2v) is 5.90. The van der Waals surface area contributed by atoms with Gasteiger partial charge in [-0.05, 0) is 33.7 Å². The molecule has 1 aromatic rings. The van der Waals surface area contributed by atoms with Gasteiger partial charge in [0, 0.05) is 30.9 Å². The summed E-state index contributed by atoms with van der Waals surface area (Å²) in [5.74, 6) is -0.0832. The van der Waals surface area contributed by atoms with Crippen LogP contribution >= 0.6 is 0 Å². The molecule has 1 aliphatic rings. The van der Waals surface area contributed by atoms with E-state index in [0.29, 0.717) is 12.6 Å². The summed E-state index contributed by atoms with van der Waals surface area (Å²) in [7, 11) is 2.10. The maximum absolute atomic E-state index is 11.8. The van der Waals surface area contributed by atoms with Crippen molar-refractivity contribution in [1.29, 1.82) is 0 Å². The normalized spacial score (nSPS) is 16.8. The van der Waals surface area contributed by atoms with Crippen LogP contribution in [0.15, 0.2) is 10.9 Å². The third-order valence-corrected chi connectivity index (χ3v) is 4.51. The summed E-state index contributed by atoms with van der Waals surface area (Å²) in [6.07, 6.45) is 6.35. The molecule has 20 heavy (non-hydrogen) atoms. The predicted molar refractivity (Wildman–Crippen MR) is 81.1 cm³/mol. The van der Waals surface area contributed by atoms with E-state index in [4.69, 9.17) is 0 Å². The summed E-state index contributed by atoms with van der Waals surface area (Å²) < 4.78 is 2.04. The molecular formula is C16H26N2O2. The van der Waals surface area contributed by atoms with Gasteiger partial charge in [0.15, 0.2) is 5.75 Å². The largest absolute Gasteiger partial charge is 0.503 e. The first-order valence-electron chi connectivity index (χ1n) is 7.67. The predicted octanol–water partition coefficient (Wildman–Crippen LogP) is 2.65. The lowest BCUT2D eigenvalue weighted by atomic mass is 9.94. The van der Waals surface area contributed by atoms with Gasteiger partial charge in [-0.2, -0.15) is 0 Å². The minimum Gasteiger partial charge on any atom is -0.503 e. The highest BCUT2D eigenvalue weighted by Gasteiger charge is 2.21. The molecule has 1 aromatic heterocycles. The van der Waals surface area contributed by atoms with Crippen molar-refractivity contribution in [3.05, 3.63) is 27.7 Å². The van der Waals surface area contributed by atoms with Crippen molar-refractivity contribution in [3.63, 3.8) is 0 Å². The average molecular weight is 278 g/mol. The highest BCUT2D eigenvalue weighted by Crippen LogP contribution is 2.24. The van der Waals surface area contributed by atoms with Crippen molar-refractivity contribution in [2.24, 2.45) is 0 Å². The van der Waals surface area contributed by atoms with Crippen LogP contribution in [0.2, 0.25) is 0 Å². The molecule has 2 rings (SSSR count). The molecule has 0 unspecified atom stereocenters. The lowest BCUT2D eigenvalue weighted by Gasteiger charge is -2.32. The van der Waals surface area contributed by atoms with Gasteiger partial charge in [0.25, 0.3) is 0 Å². The molecule has 0 bridgehead atoms. The number of nitrogens with zero attached hydrogens (tertiary/aromatic N) is 2. The first kappa shape index (κ1) is 15.1. The molecular weight excluding hydrogens is 252 g/mol. The Hall–Kier alpha value is -1.29. The summed E-state index contributed by atoms with van der Waals surface area (Å²) in [6.45, 7) is 5.38. The Morgan fingerprint density at radius 2 is 2.00 bits per heavy atom. The van der Waals surface area contributed by atoms with Crippen LogP contribution in [0.25, 0.3) is 0 Å². The van der Waals surface area contributed by atoms with Gasteiger partial charge in [0.05, 0.1) is 5.69 Å². The number of aromatic nitrogens is 1. The molecule has 112 valence electrons. The molecule has 0 aliphatic heterocycles. The topological polar surface area (TPSA) is 45.5 Å². The van der Waals surface area contributed by atoms with Gasteiger partial charge in [-0.1, -0.05) is 19.3 Å². The van der Waals surface area contributed by atoms with E-state index in [1.165, 1.54) is 38.2 Å². The van der Waals surface area contributed by atoms with Crippen LogP contribution in [-0.4, -0.2) is 27.7 Å². The van der Waals surface area contributed by atoms with Crippen molar-refractivity contribution >= 4 is 0 Å². The Morgan fingerprint density at radius 3 is 2.60 bits per heavy atom. The van der Waals surface area contributed by atoms with Crippen molar-refractivity contribution in [2.45, 2.75) is 65.1 Å². The van der Waals surface area contributed by atoms with Crippen LogP contribution < -0.4 is 5.43 Å². The van der Waals surface area contributed by atoms with Crippen molar-refractivity contribution in [1.82, 2.24) is 9.47 Å². The quantitative estimate of drug-likeness (QED) is 0.921. The lowest BCUT2D eigenvalue weighted by Crippen LogP contribution is -2.34. The van der Waals surface area contributed by atoms with Gasteiger partial charge < -0.3 is 9.67 Å². The first-order chi connectivity index (χ1) is 9.54. The van der Waals surface area contributed by atoms with E-state index in [1.54, 1.807) is 0 Å². The first-order valence-corrected chi connectivity index (χ1v) is 7.67. The Balaban J connectivity index is 2.25. The van der Waals surface area contributed by atoms with Crippen LogP contribution in [0.1, 0.15) is 50.4 Å². The second kappa shape index (κ2) is 6.44. The average Bonchev–Trinajstić information content (AvgIpc) is 2.45. The molecule has 0 atom stereocenters. The van der Waals surface area contributed by atoms with E-state index in [0.717, 1.165) is 17.9 Å². The van der Waals surface area contributed by atoms with Crippen LogP contribution in [0.5, 0.6) is 5.75 Å². The van der Waals surface area contributed by atoms with Gasteiger partial charge in [-0.15, -0.1) is 0 Å². The fraction of sp³-hybridized carbons (Fsp3) is 0.688. The van der Waals surface area contributed by atoms with Crippen LogP contribution in [0.3, 0.4) is 0 Å². The summed E-state index contributed by atoms with van der Waals surface area (Å²) in [5, 5.41) is 10.1. The maximum atomic E-state index is 11.8. The Kier molecular flexibility index (Phi) is 4.86. The SMILES string of the molecule is CCn1c(C)cc(=O)c(O)c1CN(C)C1CCCCC1. The summed E-state index contributed by atoms with van der Waals surface area (Å²) in [4.78, 5) is 14.1.